The van der Waals surface area contributed by atoms with Gasteiger partial charge in [-0.15, -0.1) is 18.2 Å². The Labute approximate surface area is 87.3 Å². The summed E-state index contributed by atoms with van der Waals surface area (Å²) < 4.78 is 0. The normalized spacial score (nSPS) is 9.36. The first-order chi connectivity index (χ1) is 6.74. The van der Waals surface area contributed by atoms with Gasteiger partial charge in [0.05, 0.1) is 11.3 Å². The van der Waals surface area contributed by atoms with Crippen LogP contribution in [0.25, 0.3) is 0 Å². The Kier molecular flexibility index (Phi) is 4.09. The van der Waals surface area contributed by atoms with Crippen molar-refractivity contribution in [3.05, 3.63) is 35.4 Å². The van der Waals surface area contributed by atoms with Crippen molar-refractivity contribution in [1.29, 1.82) is 0 Å². The number of aromatic carboxylic acids is 1. The average Bonchev–Trinajstić information content (AvgIpc) is 2.19. The molecule has 0 unspecified atom stereocenters. The Morgan fingerprint density at radius 3 is 2.57 bits per heavy atom. The lowest BCUT2D eigenvalue weighted by atomic mass is 10.1. The van der Waals surface area contributed by atoms with E-state index in [0.717, 1.165) is 11.3 Å². The van der Waals surface area contributed by atoms with E-state index < -0.39 is 5.97 Å². The van der Waals surface area contributed by atoms with Gasteiger partial charge in [0.25, 0.3) is 0 Å². The number of rotatable bonds is 4. The zero-order chi connectivity index (χ0) is 10.4. The molecule has 0 saturated carbocycles. The van der Waals surface area contributed by atoms with Crippen molar-refractivity contribution in [2.75, 3.05) is 5.75 Å². The molecule has 0 aliphatic carbocycles. The molecule has 14 heavy (non-hydrogen) atoms. The van der Waals surface area contributed by atoms with E-state index in [1.807, 2.05) is 12.1 Å². The third-order valence-electron chi connectivity index (χ3n) is 1.66. The van der Waals surface area contributed by atoms with E-state index in [1.165, 1.54) is 0 Å². The maximum absolute atomic E-state index is 10.5. The molecule has 0 aliphatic heterocycles. The molecule has 0 fully saturated rings. The second kappa shape index (κ2) is 5.36. The molecule has 1 rings (SSSR count). The quantitative estimate of drug-likeness (QED) is 0.606. The number of benzene rings is 1. The average molecular weight is 206 g/mol. The van der Waals surface area contributed by atoms with E-state index in [9.17, 15) is 4.79 Å². The van der Waals surface area contributed by atoms with Crippen LogP contribution in [0.3, 0.4) is 0 Å². The molecule has 0 radical (unpaired) electrons. The number of carboxylic acids is 1. The minimum Gasteiger partial charge on any atom is -0.478 e. The standard InChI is InChI=1S/C11H10O2S/c1-2-7-14-8-9-3-5-10(6-4-9)11(12)13/h1,3-6H,7-8H2,(H,12,13). The molecule has 1 aromatic rings. The lowest BCUT2D eigenvalue weighted by Crippen LogP contribution is -1.95. The molecule has 0 aromatic heterocycles. The first kappa shape index (κ1) is 10.7. The summed E-state index contributed by atoms with van der Waals surface area (Å²) in [5, 5.41) is 8.66. The Morgan fingerprint density at radius 1 is 1.43 bits per heavy atom. The second-order valence-electron chi connectivity index (χ2n) is 2.70. The van der Waals surface area contributed by atoms with Crippen molar-refractivity contribution in [3.63, 3.8) is 0 Å². The summed E-state index contributed by atoms with van der Waals surface area (Å²) >= 11 is 1.64. The zero-order valence-electron chi connectivity index (χ0n) is 7.56. The van der Waals surface area contributed by atoms with Crippen LogP contribution in [0.4, 0.5) is 0 Å². The Morgan fingerprint density at radius 2 is 2.07 bits per heavy atom. The fraction of sp³-hybridized carbons (Fsp3) is 0.182. The van der Waals surface area contributed by atoms with Gasteiger partial charge in [-0.1, -0.05) is 18.1 Å². The molecule has 0 bridgehead atoms. The van der Waals surface area contributed by atoms with Gasteiger partial charge in [0.2, 0.25) is 0 Å². The number of carbonyl (C=O) groups is 1. The summed E-state index contributed by atoms with van der Waals surface area (Å²) in [4.78, 5) is 10.5. The summed E-state index contributed by atoms with van der Waals surface area (Å²) in [6, 6.07) is 6.84. The molecule has 0 spiro atoms. The van der Waals surface area contributed by atoms with Crippen molar-refractivity contribution < 1.29 is 9.90 Å². The third-order valence-corrected chi connectivity index (χ3v) is 2.56. The van der Waals surface area contributed by atoms with Gasteiger partial charge in [-0.05, 0) is 17.7 Å². The highest BCUT2D eigenvalue weighted by atomic mass is 32.2. The van der Waals surface area contributed by atoms with Crippen LogP contribution in [-0.4, -0.2) is 16.8 Å². The molecule has 0 atom stereocenters. The number of hydrogen-bond acceptors (Lipinski definition) is 2. The predicted molar refractivity (Wildman–Crippen MR) is 58.4 cm³/mol. The van der Waals surface area contributed by atoms with Gasteiger partial charge in [0, 0.05) is 5.75 Å². The van der Waals surface area contributed by atoms with E-state index in [1.54, 1.807) is 23.9 Å². The molecule has 0 amide bonds. The minimum atomic E-state index is -0.896. The highest BCUT2D eigenvalue weighted by molar-refractivity contribution is 7.98. The maximum atomic E-state index is 10.5. The van der Waals surface area contributed by atoms with E-state index in [2.05, 4.69) is 5.92 Å². The van der Waals surface area contributed by atoms with Gasteiger partial charge in [0.1, 0.15) is 0 Å². The summed E-state index contributed by atoms with van der Waals surface area (Å²) in [5.41, 5.74) is 1.41. The smallest absolute Gasteiger partial charge is 0.335 e. The first-order valence-corrected chi connectivity index (χ1v) is 5.23. The summed E-state index contributed by atoms with van der Waals surface area (Å²) in [6.07, 6.45) is 5.11. The van der Waals surface area contributed by atoms with Gasteiger partial charge in [-0.25, -0.2) is 4.79 Å². The van der Waals surface area contributed by atoms with E-state index in [-0.39, 0.29) is 0 Å². The minimum absolute atomic E-state index is 0.315. The molecule has 0 saturated heterocycles. The van der Waals surface area contributed by atoms with E-state index in [0.29, 0.717) is 11.3 Å². The highest BCUT2D eigenvalue weighted by Crippen LogP contribution is 2.12. The number of carboxylic acid groups (broad SMARTS) is 1. The molecule has 72 valence electrons. The van der Waals surface area contributed by atoms with Crippen molar-refractivity contribution in [3.8, 4) is 12.3 Å². The molecule has 2 nitrogen and oxygen atoms in total. The van der Waals surface area contributed by atoms with Crippen LogP contribution < -0.4 is 0 Å². The summed E-state index contributed by atoms with van der Waals surface area (Å²) in [7, 11) is 0. The Balaban J connectivity index is 2.56. The van der Waals surface area contributed by atoms with E-state index in [4.69, 9.17) is 11.5 Å². The van der Waals surface area contributed by atoms with Crippen LogP contribution in [0.2, 0.25) is 0 Å². The maximum Gasteiger partial charge on any atom is 0.335 e. The van der Waals surface area contributed by atoms with Crippen molar-refractivity contribution >= 4 is 17.7 Å². The molecular formula is C11H10O2S. The SMILES string of the molecule is C#CCSCc1ccc(C(=O)O)cc1. The molecule has 0 aliphatic rings. The van der Waals surface area contributed by atoms with Gasteiger partial charge in [0.15, 0.2) is 0 Å². The number of terminal acetylenes is 1. The summed E-state index contributed by atoms with van der Waals surface area (Å²) in [6.45, 7) is 0. The van der Waals surface area contributed by atoms with Crippen molar-refractivity contribution in [1.82, 2.24) is 0 Å². The van der Waals surface area contributed by atoms with Crippen molar-refractivity contribution in [2.24, 2.45) is 0 Å². The molecule has 0 heterocycles. The lowest BCUT2D eigenvalue weighted by Gasteiger charge is -1.99. The predicted octanol–water partition coefficient (Wildman–Crippen LogP) is 2.25. The van der Waals surface area contributed by atoms with Crippen LogP contribution in [0.1, 0.15) is 15.9 Å². The van der Waals surface area contributed by atoms with Gasteiger partial charge in [-0.2, -0.15) is 0 Å². The lowest BCUT2D eigenvalue weighted by molar-refractivity contribution is 0.0697. The monoisotopic (exact) mass is 206 g/mol. The van der Waals surface area contributed by atoms with E-state index >= 15 is 0 Å². The molecular weight excluding hydrogens is 196 g/mol. The first-order valence-electron chi connectivity index (χ1n) is 4.07. The molecule has 1 aromatic carbocycles. The van der Waals surface area contributed by atoms with Gasteiger partial charge in [-0.3, -0.25) is 0 Å². The van der Waals surface area contributed by atoms with Gasteiger partial charge < -0.3 is 5.11 Å². The molecule has 1 N–H and O–H groups in total. The van der Waals surface area contributed by atoms with Crippen LogP contribution in [0.15, 0.2) is 24.3 Å². The fourth-order valence-electron chi connectivity index (χ4n) is 0.971. The van der Waals surface area contributed by atoms with Crippen molar-refractivity contribution in [2.45, 2.75) is 5.75 Å². The topological polar surface area (TPSA) is 37.3 Å². The third kappa shape index (κ3) is 3.15. The largest absolute Gasteiger partial charge is 0.478 e. The Hall–Kier alpha value is -1.40. The molecule has 3 heteroatoms. The fourth-order valence-corrected chi connectivity index (χ4v) is 1.62. The summed E-state index contributed by atoms with van der Waals surface area (Å²) in [5.74, 6) is 3.15. The Bertz CT molecular complexity index is 349. The number of hydrogen-bond donors (Lipinski definition) is 1. The van der Waals surface area contributed by atoms with Crippen LogP contribution >= 0.6 is 11.8 Å². The highest BCUT2D eigenvalue weighted by Gasteiger charge is 2.00. The second-order valence-corrected chi connectivity index (χ2v) is 3.68. The number of thioether (sulfide) groups is 1. The van der Waals surface area contributed by atoms with Gasteiger partial charge >= 0.3 is 5.97 Å². The van der Waals surface area contributed by atoms with Crippen LogP contribution in [0, 0.1) is 12.3 Å². The van der Waals surface area contributed by atoms with Crippen LogP contribution in [0.5, 0.6) is 0 Å². The van der Waals surface area contributed by atoms with Crippen LogP contribution in [-0.2, 0) is 5.75 Å². The zero-order valence-corrected chi connectivity index (χ0v) is 8.38.